The van der Waals surface area contributed by atoms with Crippen LogP contribution >= 0.6 is 0 Å². The summed E-state index contributed by atoms with van der Waals surface area (Å²) < 4.78 is 24.6. The van der Waals surface area contributed by atoms with E-state index >= 15 is 0 Å². The number of aryl methyl sites for hydroxylation is 2. The zero-order chi connectivity index (χ0) is 10.2. The van der Waals surface area contributed by atoms with Gasteiger partial charge in [-0.05, 0) is 13.8 Å². The molecule has 0 saturated heterocycles. The van der Waals surface area contributed by atoms with Crippen molar-refractivity contribution in [3.05, 3.63) is 11.4 Å². The summed E-state index contributed by atoms with van der Waals surface area (Å²) in [4.78, 5) is 0.275. The second kappa shape index (κ2) is 3.12. The van der Waals surface area contributed by atoms with Gasteiger partial charge in [0.1, 0.15) is 4.90 Å². The van der Waals surface area contributed by atoms with Gasteiger partial charge in [0.05, 0.1) is 11.4 Å². The van der Waals surface area contributed by atoms with Crippen molar-refractivity contribution in [2.45, 2.75) is 18.7 Å². The number of nitrogens with zero attached hydrogens (tertiary/aromatic N) is 2. The fourth-order valence-corrected chi connectivity index (χ4v) is 2.32. The van der Waals surface area contributed by atoms with Crippen LogP contribution in [0.3, 0.4) is 0 Å². The van der Waals surface area contributed by atoms with E-state index in [-0.39, 0.29) is 4.90 Å². The third-order valence-corrected chi connectivity index (χ3v) is 3.88. The standard InChI is InChI=1S/C7H13N3O2S/c1-5-7(6(2)9-8-5)13(11,12)10(3)4/h1-4H3,(H,8,9). The zero-order valence-electron chi connectivity index (χ0n) is 8.12. The Balaban J connectivity index is 3.38. The highest BCUT2D eigenvalue weighted by Gasteiger charge is 2.24. The normalized spacial score (nSPS) is 12.4. The Hall–Kier alpha value is -0.880. The van der Waals surface area contributed by atoms with Crippen LogP contribution in [0.5, 0.6) is 0 Å². The van der Waals surface area contributed by atoms with Gasteiger partial charge in [-0.1, -0.05) is 0 Å². The monoisotopic (exact) mass is 203 g/mol. The fourth-order valence-electron chi connectivity index (χ4n) is 1.10. The quantitative estimate of drug-likeness (QED) is 0.750. The lowest BCUT2D eigenvalue weighted by Gasteiger charge is -2.10. The van der Waals surface area contributed by atoms with Gasteiger partial charge < -0.3 is 0 Å². The molecule has 13 heavy (non-hydrogen) atoms. The van der Waals surface area contributed by atoms with Gasteiger partial charge >= 0.3 is 0 Å². The molecule has 0 aliphatic heterocycles. The summed E-state index contributed by atoms with van der Waals surface area (Å²) in [5.74, 6) is 0. The summed E-state index contributed by atoms with van der Waals surface area (Å²) in [5, 5.41) is 6.48. The molecule has 5 nitrogen and oxygen atoms in total. The van der Waals surface area contributed by atoms with Crippen LogP contribution in [-0.4, -0.2) is 37.0 Å². The molecule has 0 fully saturated rings. The Morgan fingerprint density at radius 3 is 2.15 bits per heavy atom. The lowest BCUT2D eigenvalue weighted by molar-refractivity contribution is 0.519. The largest absolute Gasteiger partial charge is 0.281 e. The van der Waals surface area contributed by atoms with Gasteiger partial charge in [0.25, 0.3) is 0 Å². The van der Waals surface area contributed by atoms with Gasteiger partial charge in [0, 0.05) is 14.1 Å². The zero-order valence-corrected chi connectivity index (χ0v) is 8.94. The molecule has 74 valence electrons. The first-order valence-electron chi connectivity index (χ1n) is 3.81. The third kappa shape index (κ3) is 1.59. The van der Waals surface area contributed by atoms with E-state index in [1.165, 1.54) is 18.4 Å². The highest BCUT2D eigenvalue weighted by Crippen LogP contribution is 2.18. The van der Waals surface area contributed by atoms with E-state index in [2.05, 4.69) is 10.2 Å². The van der Waals surface area contributed by atoms with Crippen molar-refractivity contribution in [3.8, 4) is 0 Å². The summed E-state index contributed by atoms with van der Waals surface area (Å²) in [6.45, 7) is 3.36. The summed E-state index contributed by atoms with van der Waals surface area (Å²) in [7, 11) is -0.353. The van der Waals surface area contributed by atoms with Gasteiger partial charge in [-0.3, -0.25) is 5.10 Å². The van der Waals surface area contributed by atoms with Crippen LogP contribution in [0.2, 0.25) is 0 Å². The van der Waals surface area contributed by atoms with Crippen molar-refractivity contribution in [2.24, 2.45) is 0 Å². The average molecular weight is 203 g/mol. The van der Waals surface area contributed by atoms with Gasteiger partial charge in [0.15, 0.2) is 0 Å². The van der Waals surface area contributed by atoms with E-state index < -0.39 is 10.0 Å². The molecule has 0 amide bonds. The maximum absolute atomic E-state index is 11.7. The minimum atomic E-state index is -3.36. The van der Waals surface area contributed by atoms with Crippen molar-refractivity contribution in [2.75, 3.05) is 14.1 Å². The first-order chi connectivity index (χ1) is 5.87. The molecular weight excluding hydrogens is 190 g/mol. The number of sulfonamides is 1. The number of H-pyrrole nitrogens is 1. The van der Waals surface area contributed by atoms with Crippen molar-refractivity contribution in [3.63, 3.8) is 0 Å². The van der Waals surface area contributed by atoms with Crippen LogP contribution in [0.4, 0.5) is 0 Å². The number of hydrogen-bond acceptors (Lipinski definition) is 3. The summed E-state index contributed by atoms with van der Waals surface area (Å²) in [6, 6.07) is 0. The van der Waals surface area contributed by atoms with E-state index in [0.717, 1.165) is 0 Å². The SMILES string of the molecule is Cc1n[nH]c(C)c1S(=O)(=O)N(C)C. The smallest absolute Gasteiger partial charge is 0.246 e. The summed E-state index contributed by atoms with van der Waals surface area (Å²) in [6.07, 6.45) is 0. The van der Waals surface area contributed by atoms with E-state index in [0.29, 0.717) is 11.4 Å². The predicted octanol–water partition coefficient (Wildman–Crippen LogP) is 0.277. The topological polar surface area (TPSA) is 66.1 Å². The second-order valence-corrected chi connectivity index (χ2v) is 5.14. The number of rotatable bonds is 2. The fraction of sp³-hybridized carbons (Fsp3) is 0.571. The molecule has 0 unspecified atom stereocenters. The molecule has 0 saturated carbocycles. The lowest BCUT2D eigenvalue weighted by Crippen LogP contribution is -2.23. The van der Waals surface area contributed by atoms with Crippen LogP contribution in [0.15, 0.2) is 4.90 Å². The molecule has 0 radical (unpaired) electrons. The van der Waals surface area contributed by atoms with Gasteiger partial charge in [-0.25, -0.2) is 12.7 Å². The summed E-state index contributed by atoms with van der Waals surface area (Å²) in [5.41, 5.74) is 1.08. The number of aromatic nitrogens is 2. The number of hydrogen-bond donors (Lipinski definition) is 1. The van der Waals surface area contributed by atoms with Gasteiger partial charge in [0.2, 0.25) is 10.0 Å². The highest BCUT2D eigenvalue weighted by atomic mass is 32.2. The van der Waals surface area contributed by atoms with Gasteiger partial charge in [-0.2, -0.15) is 5.10 Å². The van der Waals surface area contributed by atoms with E-state index in [9.17, 15) is 8.42 Å². The van der Waals surface area contributed by atoms with Crippen LogP contribution in [0, 0.1) is 13.8 Å². The Morgan fingerprint density at radius 2 is 1.85 bits per heavy atom. The third-order valence-electron chi connectivity index (χ3n) is 1.80. The van der Waals surface area contributed by atoms with Crippen LogP contribution in [0.1, 0.15) is 11.4 Å². The molecule has 0 bridgehead atoms. The average Bonchev–Trinajstić information content (AvgIpc) is 2.30. The van der Waals surface area contributed by atoms with Crippen molar-refractivity contribution >= 4 is 10.0 Å². The Morgan fingerprint density at radius 1 is 1.31 bits per heavy atom. The molecular formula is C7H13N3O2S. The molecule has 1 rings (SSSR count). The predicted molar refractivity (Wildman–Crippen MR) is 48.9 cm³/mol. The van der Waals surface area contributed by atoms with Gasteiger partial charge in [-0.15, -0.1) is 0 Å². The first kappa shape index (κ1) is 10.2. The maximum atomic E-state index is 11.7. The molecule has 1 heterocycles. The van der Waals surface area contributed by atoms with Crippen molar-refractivity contribution in [1.29, 1.82) is 0 Å². The molecule has 6 heteroatoms. The van der Waals surface area contributed by atoms with E-state index in [1.807, 2.05) is 0 Å². The van der Waals surface area contributed by atoms with Crippen molar-refractivity contribution in [1.82, 2.24) is 14.5 Å². The first-order valence-corrected chi connectivity index (χ1v) is 5.25. The molecule has 1 aromatic rings. The Labute approximate surface area is 77.8 Å². The second-order valence-electron chi connectivity index (χ2n) is 3.05. The van der Waals surface area contributed by atoms with E-state index in [4.69, 9.17) is 0 Å². The highest BCUT2D eigenvalue weighted by molar-refractivity contribution is 7.89. The minimum Gasteiger partial charge on any atom is -0.281 e. The minimum absolute atomic E-state index is 0.275. The molecule has 0 aliphatic rings. The van der Waals surface area contributed by atoms with Crippen molar-refractivity contribution < 1.29 is 8.42 Å². The molecule has 0 atom stereocenters. The number of aromatic amines is 1. The number of nitrogens with one attached hydrogen (secondary N) is 1. The maximum Gasteiger partial charge on any atom is 0.246 e. The Kier molecular flexibility index (Phi) is 2.44. The molecule has 1 aromatic heterocycles. The lowest BCUT2D eigenvalue weighted by atomic mass is 10.4. The van der Waals surface area contributed by atoms with Crippen LogP contribution in [0.25, 0.3) is 0 Å². The van der Waals surface area contributed by atoms with Crippen LogP contribution < -0.4 is 0 Å². The van der Waals surface area contributed by atoms with E-state index in [1.54, 1.807) is 13.8 Å². The molecule has 1 N–H and O–H groups in total. The summed E-state index contributed by atoms with van der Waals surface area (Å²) >= 11 is 0. The molecule has 0 spiro atoms. The molecule has 0 aromatic carbocycles. The Bertz CT molecular complexity index is 386. The van der Waals surface area contributed by atoms with Crippen LogP contribution in [-0.2, 0) is 10.0 Å². The molecule has 0 aliphatic carbocycles.